The molecule has 0 N–H and O–H groups in total. The topological polar surface area (TPSA) is 20.9 Å². The van der Waals surface area contributed by atoms with Crippen LogP contribution < -0.4 is 4.57 Å². The zero-order chi connectivity index (χ0) is 16.9. The Labute approximate surface area is 154 Å². The summed E-state index contributed by atoms with van der Waals surface area (Å²) in [5, 5.41) is 1.19. The Hall–Kier alpha value is -1.56. The van der Waals surface area contributed by atoms with Gasteiger partial charge < -0.3 is 0 Å². The van der Waals surface area contributed by atoms with E-state index in [0.717, 1.165) is 9.80 Å². The number of aromatic nitrogens is 1. The predicted octanol–water partition coefficient (Wildman–Crippen LogP) is 5.00. The van der Waals surface area contributed by atoms with Gasteiger partial charge in [-0.3, -0.25) is 4.79 Å². The molecule has 5 heteroatoms. The Kier molecular flexibility index (Phi) is 5.76. The van der Waals surface area contributed by atoms with E-state index in [1.807, 2.05) is 30.3 Å². The molecule has 0 fully saturated rings. The predicted molar refractivity (Wildman–Crippen MR) is 108 cm³/mol. The van der Waals surface area contributed by atoms with Crippen LogP contribution >= 0.6 is 34.9 Å². The highest BCUT2D eigenvalue weighted by Crippen LogP contribution is 2.31. The van der Waals surface area contributed by atoms with Gasteiger partial charge in [-0.25, -0.2) is 0 Å². The van der Waals surface area contributed by atoms with Crippen molar-refractivity contribution in [1.82, 2.24) is 0 Å². The number of nitrogens with zero attached hydrogens (tertiary/aromatic N) is 1. The molecule has 0 aliphatic carbocycles. The summed E-state index contributed by atoms with van der Waals surface area (Å²) in [5.74, 6) is 0.631. The van der Waals surface area contributed by atoms with Crippen LogP contribution in [0.2, 0.25) is 0 Å². The summed E-state index contributed by atoms with van der Waals surface area (Å²) >= 11 is 5.06. The molecule has 0 bridgehead atoms. The number of ketones is 1. The quantitative estimate of drug-likeness (QED) is 0.449. The monoisotopic (exact) mass is 372 g/mol. The maximum absolute atomic E-state index is 12.3. The summed E-state index contributed by atoms with van der Waals surface area (Å²) in [7, 11) is 2.09. The van der Waals surface area contributed by atoms with Crippen LogP contribution in [0.5, 0.6) is 0 Å². The lowest BCUT2D eigenvalue weighted by Gasteiger charge is -2.03. The van der Waals surface area contributed by atoms with Crippen molar-refractivity contribution in [1.29, 1.82) is 0 Å². The highest BCUT2D eigenvalue weighted by Gasteiger charge is 2.15. The van der Waals surface area contributed by atoms with Gasteiger partial charge in [0, 0.05) is 21.9 Å². The molecule has 0 aliphatic heterocycles. The van der Waals surface area contributed by atoms with Crippen LogP contribution in [0, 0.1) is 0 Å². The lowest BCUT2D eigenvalue weighted by molar-refractivity contribution is -0.642. The first kappa shape index (κ1) is 17.3. The van der Waals surface area contributed by atoms with Gasteiger partial charge in [0.05, 0.1) is 5.75 Å². The third-order valence-corrected chi connectivity index (χ3v) is 7.00. The van der Waals surface area contributed by atoms with Gasteiger partial charge in [-0.2, -0.15) is 4.57 Å². The van der Waals surface area contributed by atoms with Crippen LogP contribution in [-0.2, 0) is 7.05 Å². The van der Waals surface area contributed by atoms with Gasteiger partial charge in [0.15, 0.2) is 5.78 Å². The van der Waals surface area contributed by atoms with E-state index in [-0.39, 0.29) is 5.78 Å². The number of rotatable bonds is 6. The fourth-order valence-corrected chi connectivity index (χ4v) is 5.11. The van der Waals surface area contributed by atoms with Crippen LogP contribution in [-0.4, -0.2) is 17.8 Å². The van der Waals surface area contributed by atoms with Crippen molar-refractivity contribution < 1.29 is 9.36 Å². The normalized spacial score (nSPS) is 11.8. The molecule has 1 heterocycles. The molecule has 0 amide bonds. The van der Waals surface area contributed by atoms with Gasteiger partial charge in [-0.1, -0.05) is 53.8 Å². The Morgan fingerprint density at radius 2 is 1.83 bits per heavy atom. The third kappa shape index (κ3) is 3.91. The maximum atomic E-state index is 12.3. The molecular weight excluding hydrogens is 354 g/mol. The number of aryl methyl sites for hydroxylation is 1. The van der Waals surface area contributed by atoms with E-state index in [1.54, 1.807) is 34.9 Å². The van der Waals surface area contributed by atoms with E-state index in [0.29, 0.717) is 5.75 Å². The van der Waals surface area contributed by atoms with Gasteiger partial charge in [-0.15, -0.1) is 23.5 Å². The molecule has 0 atom stereocenters. The van der Waals surface area contributed by atoms with Gasteiger partial charge in [0.2, 0.25) is 5.52 Å². The molecule has 0 radical (unpaired) electrons. The molecule has 0 unspecified atom stereocenters. The highest BCUT2D eigenvalue weighted by atomic mass is 32.2. The van der Waals surface area contributed by atoms with E-state index in [2.05, 4.69) is 48.2 Å². The second-order valence-corrected chi connectivity index (χ2v) is 8.40. The van der Waals surface area contributed by atoms with Gasteiger partial charge in [0.1, 0.15) is 11.7 Å². The zero-order valence-corrected chi connectivity index (χ0v) is 16.0. The van der Waals surface area contributed by atoms with Crippen molar-refractivity contribution in [3.8, 4) is 0 Å². The minimum absolute atomic E-state index is 0.168. The van der Waals surface area contributed by atoms with Crippen molar-refractivity contribution in [3.63, 3.8) is 0 Å². The molecule has 2 nitrogen and oxygen atoms in total. The summed E-state index contributed by atoms with van der Waals surface area (Å²) in [6.45, 7) is 0. The van der Waals surface area contributed by atoms with Crippen molar-refractivity contribution in [2.75, 3.05) is 12.0 Å². The van der Waals surface area contributed by atoms with Crippen LogP contribution in [0.15, 0.2) is 58.8 Å². The van der Waals surface area contributed by atoms with E-state index >= 15 is 0 Å². The Morgan fingerprint density at radius 3 is 2.54 bits per heavy atom. The Balaban J connectivity index is 1.76. The number of Topliss-reactive ketones (excluding diaryl/α,β-unsaturated/α-hetero) is 1. The van der Waals surface area contributed by atoms with E-state index in [1.165, 1.54) is 15.2 Å². The van der Waals surface area contributed by atoms with Crippen LogP contribution in [0.3, 0.4) is 0 Å². The molecule has 0 spiro atoms. The number of thioether (sulfide) groups is 2. The number of thiazole rings is 1. The molecule has 0 saturated carbocycles. The van der Waals surface area contributed by atoms with Gasteiger partial charge >= 0.3 is 0 Å². The summed E-state index contributed by atoms with van der Waals surface area (Å²) in [6.07, 6.45) is 4.23. The Morgan fingerprint density at radius 1 is 1.12 bits per heavy atom. The molecule has 0 saturated heterocycles. The summed E-state index contributed by atoms with van der Waals surface area (Å²) < 4.78 is 4.63. The number of hydrogen-bond donors (Lipinski definition) is 0. The van der Waals surface area contributed by atoms with Crippen molar-refractivity contribution >= 4 is 56.9 Å². The summed E-state index contributed by atoms with van der Waals surface area (Å²) in [6, 6.07) is 17.9. The maximum Gasteiger partial charge on any atom is 0.264 e. The molecular formula is C19H18NOS3+. The summed E-state index contributed by atoms with van der Waals surface area (Å²) in [5.41, 5.74) is 2.01. The van der Waals surface area contributed by atoms with E-state index in [4.69, 9.17) is 0 Å². The first-order valence-corrected chi connectivity index (χ1v) is 10.6. The van der Waals surface area contributed by atoms with Crippen molar-refractivity contribution in [3.05, 3.63) is 69.4 Å². The smallest absolute Gasteiger partial charge is 0.264 e. The third-order valence-electron chi connectivity index (χ3n) is 3.66. The fraction of sp³-hybridized carbons (Fsp3) is 0.158. The molecule has 0 aliphatic rings. The highest BCUT2D eigenvalue weighted by molar-refractivity contribution is 8.22. The van der Waals surface area contributed by atoms with Crippen molar-refractivity contribution in [2.45, 2.75) is 0 Å². The molecule has 1 aromatic heterocycles. The van der Waals surface area contributed by atoms with E-state index < -0.39 is 0 Å². The van der Waals surface area contributed by atoms with E-state index in [9.17, 15) is 4.79 Å². The standard InChI is InChI=1S/C19H18NOS3/c1-20-15-10-6-7-11-17(15)24-18(20)12-19(22-2)23-13-16(21)14-8-4-3-5-9-14/h3-12H,13H2,1-2H3/q+1. The van der Waals surface area contributed by atoms with Gasteiger partial charge in [-0.05, 0) is 12.3 Å². The number of carbonyl (C=O) groups excluding carboxylic acids is 1. The first-order chi connectivity index (χ1) is 11.7. The summed E-state index contributed by atoms with van der Waals surface area (Å²) in [4.78, 5) is 12.3. The SMILES string of the molecule is CSC(=Cc1sc2ccccc2[n+]1C)SCC(=O)c1ccccc1. The second kappa shape index (κ2) is 8.01. The number of para-hydroxylation sites is 1. The molecule has 122 valence electrons. The zero-order valence-electron chi connectivity index (χ0n) is 13.6. The number of fused-ring (bicyclic) bond motifs is 1. The lowest BCUT2D eigenvalue weighted by Crippen LogP contribution is -2.28. The second-order valence-electron chi connectivity index (χ2n) is 5.21. The lowest BCUT2D eigenvalue weighted by atomic mass is 10.2. The fourth-order valence-electron chi connectivity index (χ4n) is 2.35. The van der Waals surface area contributed by atoms with Crippen LogP contribution in [0.1, 0.15) is 15.4 Å². The largest absolute Gasteiger partial charge is 0.293 e. The molecule has 3 rings (SSSR count). The number of hydrogen-bond acceptors (Lipinski definition) is 4. The first-order valence-electron chi connectivity index (χ1n) is 7.53. The average molecular weight is 373 g/mol. The van der Waals surface area contributed by atoms with Crippen LogP contribution in [0.25, 0.3) is 16.3 Å². The van der Waals surface area contributed by atoms with Gasteiger partial charge in [0.25, 0.3) is 5.01 Å². The number of benzene rings is 2. The Bertz CT molecular complexity index is 884. The minimum Gasteiger partial charge on any atom is -0.293 e. The molecule has 2 aromatic carbocycles. The average Bonchev–Trinajstić information content (AvgIpc) is 2.95. The van der Waals surface area contributed by atoms with Crippen LogP contribution in [0.4, 0.5) is 0 Å². The minimum atomic E-state index is 0.168. The molecule has 3 aromatic rings. The van der Waals surface area contributed by atoms with Crippen molar-refractivity contribution in [2.24, 2.45) is 7.05 Å². The number of carbonyl (C=O) groups is 1. The molecule has 24 heavy (non-hydrogen) atoms.